The van der Waals surface area contributed by atoms with Crippen LogP contribution in [-0.2, 0) is 0 Å². The van der Waals surface area contributed by atoms with Gasteiger partial charge in [-0.2, -0.15) is 0 Å². The Morgan fingerprint density at radius 1 is 1.56 bits per heavy atom. The van der Waals surface area contributed by atoms with E-state index in [1.165, 1.54) is 12.1 Å². The molecule has 7 nitrogen and oxygen atoms in total. The van der Waals surface area contributed by atoms with Crippen LogP contribution in [0.2, 0.25) is 0 Å². The van der Waals surface area contributed by atoms with Crippen LogP contribution in [0.15, 0.2) is 22.9 Å². The first kappa shape index (κ1) is 10.3. The molecule has 0 amide bonds. The summed E-state index contributed by atoms with van der Waals surface area (Å²) < 4.78 is 4.90. The fourth-order valence-electron chi connectivity index (χ4n) is 1.12. The summed E-state index contributed by atoms with van der Waals surface area (Å²) in [4.78, 5) is 24.5. The van der Waals surface area contributed by atoms with E-state index in [1.54, 1.807) is 0 Å². The highest BCUT2D eigenvalue weighted by Crippen LogP contribution is 2.34. The third kappa shape index (κ3) is 1.65. The number of nitro groups is 1. The molecule has 0 saturated heterocycles. The standard InChI is InChI=1S/C8H4N2O5S/c11-8(12)6-7(15-3-9-6)4-1-2-5(16-4)10(13)14/h1-3H,(H,11,12). The van der Waals surface area contributed by atoms with Crippen LogP contribution in [0, 0.1) is 10.1 Å². The number of carboxylic acid groups (broad SMARTS) is 1. The maximum absolute atomic E-state index is 10.7. The molecule has 2 heterocycles. The molecule has 2 rings (SSSR count). The normalized spacial score (nSPS) is 10.2. The molecule has 16 heavy (non-hydrogen) atoms. The first-order valence-electron chi connectivity index (χ1n) is 4.01. The molecule has 82 valence electrons. The smallest absolute Gasteiger partial charge is 0.358 e. The molecule has 0 unspecified atom stereocenters. The second-order valence-electron chi connectivity index (χ2n) is 2.73. The van der Waals surface area contributed by atoms with Gasteiger partial charge in [-0.05, 0) is 6.07 Å². The lowest BCUT2D eigenvalue weighted by Crippen LogP contribution is -1.97. The van der Waals surface area contributed by atoms with Gasteiger partial charge in [-0.25, -0.2) is 9.78 Å². The molecule has 0 aliphatic heterocycles. The number of hydrogen-bond donors (Lipinski definition) is 1. The Kier molecular flexibility index (Phi) is 2.41. The van der Waals surface area contributed by atoms with E-state index in [2.05, 4.69) is 4.98 Å². The maximum Gasteiger partial charge on any atom is 0.358 e. The van der Waals surface area contributed by atoms with Crippen LogP contribution < -0.4 is 0 Å². The van der Waals surface area contributed by atoms with Crippen molar-refractivity contribution in [3.05, 3.63) is 34.3 Å². The van der Waals surface area contributed by atoms with Gasteiger partial charge in [-0.3, -0.25) is 10.1 Å². The van der Waals surface area contributed by atoms with Crippen LogP contribution in [-0.4, -0.2) is 21.0 Å². The number of thiophene rings is 1. The molecule has 0 aliphatic carbocycles. The minimum Gasteiger partial charge on any atom is -0.476 e. The minimum absolute atomic E-state index is 0.0330. The number of carbonyl (C=O) groups is 1. The summed E-state index contributed by atoms with van der Waals surface area (Å²) in [5, 5.41) is 19.2. The molecule has 0 radical (unpaired) electrons. The van der Waals surface area contributed by atoms with E-state index in [-0.39, 0.29) is 16.5 Å². The molecular weight excluding hydrogens is 236 g/mol. The van der Waals surface area contributed by atoms with Gasteiger partial charge in [0.2, 0.25) is 0 Å². The zero-order valence-corrected chi connectivity index (χ0v) is 8.43. The van der Waals surface area contributed by atoms with Gasteiger partial charge in [0, 0.05) is 6.07 Å². The summed E-state index contributed by atoms with van der Waals surface area (Å²) in [6.07, 6.45) is 0.990. The largest absolute Gasteiger partial charge is 0.476 e. The number of carboxylic acids is 1. The maximum atomic E-state index is 10.7. The zero-order chi connectivity index (χ0) is 11.7. The summed E-state index contributed by atoms with van der Waals surface area (Å²) in [6, 6.07) is 2.71. The number of oxazole rings is 1. The van der Waals surface area contributed by atoms with Crippen molar-refractivity contribution < 1.29 is 19.2 Å². The Balaban J connectivity index is 2.46. The molecule has 0 bridgehead atoms. The van der Waals surface area contributed by atoms with Crippen molar-refractivity contribution in [3.8, 4) is 10.6 Å². The van der Waals surface area contributed by atoms with E-state index in [0.29, 0.717) is 4.88 Å². The molecular formula is C8H4N2O5S. The van der Waals surface area contributed by atoms with Gasteiger partial charge in [0.25, 0.3) is 0 Å². The quantitative estimate of drug-likeness (QED) is 0.649. The van der Waals surface area contributed by atoms with Crippen molar-refractivity contribution in [1.29, 1.82) is 0 Å². The average Bonchev–Trinajstić information content (AvgIpc) is 2.86. The van der Waals surface area contributed by atoms with Crippen molar-refractivity contribution in [3.63, 3.8) is 0 Å². The van der Waals surface area contributed by atoms with E-state index in [1.807, 2.05) is 0 Å². The van der Waals surface area contributed by atoms with Gasteiger partial charge in [0.1, 0.15) is 0 Å². The predicted molar refractivity (Wildman–Crippen MR) is 53.4 cm³/mol. The van der Waals surface area contributed by atoms with Gasteiger partial charge >= 0.3 is 11.0 Å². The lowest BCUT2D eigenvalue weighted by atomic mass is 10.3. The monoisotopic (exact) mass is 240 g/mol. The molecule has 0 spiro atoms. The van der Waals surface area contributed by atoms with Crippen molar-refractivity contribution in [1.82, 2.24) is 4.98 Å². The Morgan fingerprint density at radius 3 is 2.88 bits per heavy atom. The molecule has 1 N–H and O–H groups in total. The number of aromatic nitrogens is 1. The topological polar surface area (TPSA) is 106 Å². The highest BCUT2D eigenvalue weighted by Gasteiger charge is 2.21. The van der Waals surface area contributed by atoms with Crippen molar-refractivity contribution in [2.24, 2.45) is 0 Å². The van der Waals surface area contributed by atoms with Gasteiger partial charge < -0.3 is 9.52 Å². The number of hydrogen-bond acceptors (Lipinski definition) is 6. The number of nitrogens with zero attached hydrogens (tertiary/aromatic N) is 2. The summed E-state index contributed by atoms with van der Waals surface area (Å²) in [7, 11) is 0. The highest BCUT2D eigenvalue weighted by molar-refractivity contribution is 7.18. The van der Waals surface area contributed by atoms with E-state index in [4.69, 9.17) is 9.52 Å². The summed E-state index contributed by atoms with van der Waals surface area (Å²) in [6.45, 7) is 0. The zero-order valence-electron chi connectivity index (χ0n) is 7.61. The minimum atomic E-state index is -1.24. The van der Waals surface area contributed by atoms with Crippen LogP contribution in [0.5, 0.6) is 0 Å². The number of rotatable bonds is 3. The SMILES string of the molecule is O=C(O)c1ncoc1-c1ccc([N+](=O)[O-])s1. The first-order valence-corrected chi connectivity index (χ1v) is 4.82. The fourth-order valence-corrected chi connectivity index (χ4v) is 1.93. The van der Waals surface area contributed by atoms with Gasteiger partial charge in [0.05, 0.1) is 9.80 Å². The Bertz CT molecular complexity index is 558. The van der Waals surface area contributed by atoms with Crippen LogP contribution in [0.25, 0.3) is 10.6 Å². The van der Waals surface area contributed by atoms with E-state index < -0.39 is 10.9 Å². The molecule has 2 aromatic heterocycles. The van der Waals surface area contributed by atoms with Crippen molar-refractivity contribution in [2.75, 3.05) is 0 Å². The van der Waals surface area contributed by atoms with Crippen LogP contribution in [0.4, 0.5) is 5.00 Å². The third-order valence-corrected chi connectivity index (χ3v) is 2.80. The average molecular weight is 240 g/mol. The predicted octanol–water partition coefficient (Wildman–Crippen LogP) is 2.01. The molecule has 0 saturated carbocycles. The second-order valence-corrected chi connectivity index (χ2v) is 3.79. The van der Waals surface area contributed by atoms with Gasteiger partial charge in [-0.1, -0.05) is 11.3 Å². The first-order chi connectivity index (χ1) is 7.59. The highest BCUT2D eigenvalue weighted by atomic mass is 32.1. The van der Waals surface area contributed by atoms with Crippen LogP contribution in [0.3, 0.4) is 0 Å². The third-order valence-electron chi connectivity index (χ3n) is 1.77. The molecule has 8 heteroatoms. The summed E-state index contributed by atoms with van der Waals surface area (Å²) in [5.41, 5.74) is -0.253. The molecule has 0 atom stereocenters. The van der Waals surface area contributed by atoms with E-state index >= 15 is 0 Å². The van der Waals surface area contributed by atoms with Crippen molar-refractivity contribution >= 4 is 22.3 Å². The lowest BCUT2D eigenvalue weighted by molar-refractivity contribution is -0.380. The van der Waals surface area contributed by atoms with Crippen LogP contribution in [0.1, 0.15) is 10.5 Å². The fraction of sp³-hybridized carbons (Fsp3) is 0. The van der Waals surface area contributed by atoms with Crippen LogP contribution >= 0.6 is 11.3 Å². The van der Waals surface area contributed by atoms with E-state index in [9.17, 15) is 14.9 Å². The summed E-state index contributed by atoms with van der Waals surface area (Å²) in [5.74, 6) is -1.20. The lowest BCUT2D eigenvalue weighted by Gasteiger charge is -1.90. The Hall–Kier alpha value is -2.22. The molecule has 2 aromatic rings. The molecule has 0 fully saturated rings. The van der Waals surface area contributed by atoms with E-state index in [0.717, 1.165) is 17.7 Å². The van der Waals surface area contributed by atoms with Gasteiger partial charge in [0.15, 0.2) is 17.8 Å². The molecule has 0 aromatic carbocycles. The summed E-state index contributed by atoms with van der Waals surface area (Å²) >= 11 is 0.834. The number of aromatic carboxylic acids is 1. The molecule has 0 aliphatic rings. The Morgan fingerprint density at radius 2 is 2.31 bits per heavy atom. The van der Waals surface area contributed by atoms with Crippen molar-refractivity contribution in [2.45, 2.75) is 0 Å². The second kappa shape index (κ2) is 3.74. The van der Waals surface area contributed by atoms with Gasteiger partial charge in [-0.15, -0.1) is 0 Å². The Labute approximate surface area is 92.1 Å².